The largest absolute Gasteiger partial charge is 0.332 e. The number of carbonyl (C=O) groups excluding carboxylic acids is 1. The van der Waals surface area contributed by atoms with Crippen molar-refractivity contribution in [3.63, 3.8) is 0 Å². The molecule has 0 atom stereocenters. The normalized spacial score (nSPS) is 15.3. The second-order valence-corrected chi connectivity index (χ2v) is 11.3. The van der Waals surface area contributed by atoms with Crippen molar-refractivity contribution in [2.75, 3.05) is 18.4 Å². The van der Waals surface area contributed by atoms with E-state index in [9.17, 15) is 13.2 Å². The van der Waals surface area contributed by atoms with Crippen molar-refractivity contribution < 1.29 is 13.2 Å². The van der Waals surface area contributed by atoms with E-state index in [0.29, 0.717) is 28.7 Å². The summed E-state index contributed by atoms with van der Waals surface area (Å²) in [7, 11) is -3.51. The summed E-state index contributed by atoms with van der Waals surface area (Å²) in [4.78, 5) is 13.3. The topological polar surface area (TPSA) is 78.5 Å². The van der Waals surface area contributed by atoms with Crippen LogP contribution < -0.4 is 10.6 Å². The van der Waals surface area contributed by atoms with Gasteiger partial charge in [0.1, 0.15) is 4.88 Å². The molecule has 10 heteroatoms. The van der Waals surface area contributed by atoms with Crippen LogP contribution in [-0.2, 0) is 10.0 Å². The molecule has 0 radical (unpaired) electrons. The molecule has 1 aliphatic heterocycles. The summed E-state index contributed by atoms with van der Waals surface area (Å²) in [6.45, 7) is 1.11. The number of thiocarbonyl (C=S) groups is 1. The molecule has 1 aliphatic rings. The Bertz CT molecular complexity index is 1250. The number of rotatable bonds is 4. The van der Waals surface area contributed by atoms with Gasteiger partial charge in [-0.05, 0) is 55.4 Å². The van der Waals surface area contributed by atoms with Crippen molar-refractivity contribution in [2.45, 2.75) is 30.6 Å². The van der Waals surface area contributed by atoms with Crippen molar-refractivity contribution >= 4 is 72.0 Å². The number of benzene rings is 2. The third kappa shape index (κ3) is 4.97. The number of nitrogens with one attached hydrogen (secondary N) is 2. The fourth-order valence-electron chi connectivity index (χ4n) is 3.62. The van der Waals surface area contributed by atoms with Gasteiger partial charge in [0.15, 0.2) is 5.11 Å². The first-order valence-electron chi connectivity index (χ1n) is 10.3. The first kappa shape index (κ1) is 23.1. The van der Waals surface area contributed by atoms with Crippen LogP contribution in [-0.4, -0.2) is 36.8 Å². The number of amides is 1. The molecule has 4 rings (SSSR count). The molecule has 1 aromatic heterocycles. The smallest absolute Gasteiger partial charge is 0.269 e. The van der Waals surface area contributed by atoms with Gasteiger partial charge < -0.3 is 5.32 Å². The van der Waals surface area contributed by atoms with E-state index >= 15 is 0 Å². The van der Waals surface area contributed by atoms with Crippen LogP contribution in [0.15, 0.2) is 53.4 Å². The van der Waals surface area contributed by atoms with Gasteiger partial charge in [-0.15, -0.1) is 11.3 Å². The number of nitrogens with zero attached hydrogens (tertiary/aromatic N) is 1. The predicted octanol–water partition coefficient (Wildman–Crippen LogP) is 5.25. The second-order valence-electron chi connectivity index (χ2n) is 7.49. The third-order valence-electron chi connectivity index (χ3n) is 5.28. The molecule has 3 aromatic rings. The number of thiophene rings is 1. The Balaban J connectivity index is 1.41. The van der Waals surface area contributed by atoms with Gasteiger partial charge in [0.25, 0.3) is 5.91 Å². The molecule has 0 unspecified atom stereocenters. The lowest BCUT2D eigenvalue weighted by Crippen LogP contribution is -2.34. The monoisotopic (exact) mass is 507 g/mol. The summed E-state index contributed by atoms with van der Waals surface area (Å²) in [5.74, 6) is -0.394. The van der Waals surface area contributed by atoms with E-state index in [2.05, 4.69) is 10.6 Å². The minimum absolute atomic E-state index is 0.103. The van der Waals surface area contributed by atoms with E-state index in [1.165, 1.54) is 11.3 Å². The fraction of sp³-hybridized carbons (Fsp3) is 0.273. The van der Waals surface area contributed by atoms with Gasteiger partial charge in [0.05, 0.1) is 9.92 Å². The summed E-state index contributed by atoms with van der Waals surface area (Å²) in [5, 5.41) is 6.87. The van der Waals surface area contributed by atoms with Gasteiger partial charge in [-0.25, -0.2) is 8.42 Å². The van der Waals surface area contributed by atoms with Gasteiger partial charge >= 0.3 is 0 Å². The van der Waals surface area contributed by atoms with Gasteiger partial charge in [-0.1, -0.05) is 42.6 Å². The zero-order valence-corrected chi connectivity index (χ0v) is 20.3. The van der Waals surface area contributed by atoms with Crippen molar-refractivity contribution in [1.29, 1.82) is 0 Å². The van der Waals surface area contributed by atoms with E-state index < -0.39 is 15.9 Å². The van der Waals surface area contributed by atoms with E-state index in [1.54, 1.807) is 28.6 Å². The Labute approximate surface area is 201 Å². The lowest BCUT2D eigenvalue weighted by atomic mass is 10.2. The summed E-state index contributed by atoms with van der Waals surface area (Å²) >= 11 is 12.9. The standard InChI is InChI=1S/C22H22ClN3O3S3/c23-19-17-7-3-4-8-18(17)31-20(19)21(27)25-22(30)24-15-9-11-16(12-10-15)32(28,29)26-13-5-1-2-6-14-26/h3-4,7-12H,1-2,5-6,13-14H2,(H2,24,25,27,30). The number of hydrogen-bond acceptors (Lipinski definition) is 5. The number of halogens is 1. The van der Waals surface area contributed by atoms with Crippen LogP contribution in [0.5, 0.6) is 0 Å². The quantitative estimate of drug-likeness (QED) is 0.472. The van der Waals surface area contributed by atoms with Gasteiger partial charge in [0, 0.05) is 28.9 Å². The Hall–Kier alpha value is -2.04. The summed E-state index contributed by atoms with van der Waals surface area (Å²) < 4.78 is 28.3. The zero-order valence-electron chi connectivity index (χ0n) is 17.1. The minimum Gasteiger partial charge on any atom is -0.332 e. The van der Waals surface area contributed by atoms with E-state index in [4.69, 9.17) is 23.8 Å². The number of carbonyl (C=O) groups is 1. The van der Waals surface area contributed by atoms with Gasteiger partial charge in [-0.2, -0.15) is 4.31 Å². The third-order valence-corrected chi connectivity index (χ3v) is 9.07. The lowest BCUT2D eigenvalue weighted by molar-refractivity contribution is 0.0982. The lowest BCUT2D eigenvalue weighted by Gasteiger charge is -2.20. The molecule has 0 saturated carbocycles. The highest BCUT2D eigenvalue weighted by molar-refractivity contribution is 7.89. The highest BCUT2D eigenvalue weighted by atomic mass is 35.5. The second kappa shape index (κ2) is 9.84. The van der Waals surface area contributed by atoms with Crippen LogP contribution in [0.25, 0.3) is 10.1 Å². The summed E-state index contributed by atoms with van der Waals surface area (Å²) in [6, 6.07) is 13.9. The molecule has 2 N–H and O–H groups in total. The molecule has 6 nitrogen and oxygen atoms in total. The van der Waals surface area contributed by atoms with Gasteiger partial charge in [-0.3, -0.25) is 10.1 Å². The zero-order chi connectivity index (χ0) is 22.7. The van der Waals surface area contributed by atoms with E-state index in [1.807, 2.05) is 24.3 Å². The molecular weight excluding hydrogens is 486 g/mol. The molecule has 1 fully saturated rings. The predicted molar refractivity (Wildman–Crippen MR) is 134 cm³/mol. The highest BCUT2D eigenvalue weighted by Crippen LogP contribution is 2.35. The molecule has 2 aromatic carbocycles. The van der Waals surface area contributed by atoms with Crippen molar-refractivity contribution in [3.8, 4) is 0 Å². The molecule has 32 heavy (non-hydrogen) atoms. The number of anilines is 1. The average molecular weight is 508 g/mol. The Kier molecular flexibility index (Phi) is 7.11. The van der Waals surface area contributed by atoms with Gasteiger partial charge in [0.2, 0.25) is 10.0 Å². The van der Waals surface area contributed by atoms with Crippen LogP contribution in [0.3, 0.4) is 0 Å². The minimum atomic E-state index is -3.51. The Morgan fingerprint density at radius 1 is 1.00 bits per heavy atom. The Morgan fingerprint density at radius 3 is 2.31 bits per heavy atom. The number of fused-ring (bicyclic) bond motifs is 1. The Morgan fingerprint density at radius 2 is 1.66 bits per heavy atom. The van der Waals surface area contributed by atoms with Crippen LogP contribution >= 0.6 is 35.2 Å². The number of sulfonamides is 1. The molecule has 0 aliphatic carbocycles. The molecule has 2 heterocycles. The van der Waals surface area contributed by atoms with Crippen LogP contribution in [0.4, 0.5) is 5.69 Å². The molecular formula is C22H22ClN3O3S3. The maximum absolute atomic E-state index is 12.9. The van der Waals surface area contributed by atoms with Crippen molar-refractivity contribution in [2.24, 2.45) is 0 Å². The van der Waals surface area contributed by atoms with E-state index in [0.717, 1.165) is 35.8 Å². The van der Waals surface area contributed by atoms with Crippen molar-refractivity contribution in [3.05, 3.63) is 58.4 Å². The van der Waals surface area contributed by atoms with Crippen molar-refractivity contribution in [1.82, 2.24) is 9.62 Å². The molecule has 0 spiro atoms. The van der Waals surface area contributed by atoms with E-state index in [-0.39, 0.29) is 10.0 Å². The SMILES string of the molecule is O=C(NC(=S)Nc1ccc(S(=O)(=O)N2CCCCCC2)cc1)c1sc2ccccc2c1Cl. The average Bonchev–Trinajstić information content (AvgIpc) is 2.94. The van der Waals surface area contributed by atoms with Crippen LogP contribution in [0.2, 0.25) is 5.02 Å². The molecule has 0 bridgehead atoms. The van der Waals surface area contributed by atoms with Crippen LogP contribution in [0, 0.1) is 0 Å². The number of hydrogen-bond donors (Lipinski definition) is 2. The summed E-state index contributed by atoms with van der Waals surface area (Å²) in [6.07, 6.45) is 3.89. The molecule has 1 saturated heterocycles. The first-order valence-corrected chi connectivity index (χ1v) is 13.3. The molecule has 1 amide bonds. The maximum Gasteiger partial charge on any atom is 0.269 e. The van der Waals surface area contributed by atoms with Crippen LogP contribution in [0.1, 0.15) is 35.4 Å². The fourth-order valence-corrected chi connectivity index (χ4v) is 6.76. The molecule has 168 valence electrons. The maximum atomic E-state index is 12.9. The highest BCUT2D eigenvalue weighted by Gasteiger charge is 2.25. The first-order chi connectivity index (χ1) is 15.4. The summed E-state index contributed by atoms with van der Waals surface area (Å²) in [5.41, 5.74) is 0.576.